The molecule has 5 heteroatoms. The fourth-order valence-electron chi connectivity index (χ4n) is 2.91. The van der Waals surface area contributed by atoms with Crippen LogP contribution in [0.1, 0.15) is 45.3 Å². The molecular weight excluding hydrogens is 298 g/mol. The van der Waals surface area contributed by atoms with Crippen molar-refractivity contribution < 1.29 is 0 Å². The lowest BCUT2D eigenvalue weighted by Gasteiger charge is -2.29. The second-order valence-electron chi connectivity index (χ2n) is 5.61. The largest absolute Gasteiger partial charge is 0.313 e. The molecule has 2 heterocycles. The summed E-state index contributed by atoms with van der Waals surface area (Å²) in [5, 5.41) is 9.24. The van der Waals surface area contributed by atoms with E-state index in [-0.39, 0.29) is 0 Å². The molecule has 21 heavy (non-hydrogen) atoms. The Kier molecular flexibility index (Phi) is 7.47. The van der Waals surface area contributed by atoms with Crippen LogP contribution in [-0.4, -0.2) is 44.9 Å². The van der Waals surface area contributed by atoms with Crippen molar-refractivity contribution in [3.8, 4) is 0 Å². The van der Waals surface area contributed by atoms with Gasteiger partial charge in [-0.05, 0) is 25.5 Å². The van der Waals surface area contributed by atoms with Gasteiger partial charge >= 0.3 is 0 Å². The van der Waals surface area contributed by atoms with Crippen LogP contribution in [0.2, 0.25) is 0 Å². The minimum atomic E-state index is 0.552. The van der Waals surface area contributed by atoms with Crippen LogP contribution in [0.25, 0.3) is 0 Å². The third-order valence-corrected chi connectivity index (χ3v) is 7.09. The highest BCUT2D eigenvalue weighted by molar-refractivity contribution is 8.06. The zero-order chi connectivity index (χ0) is 15.1. The Morgan fingerprint density at radius 2 is 2.14 bits per heavy atom. The fraction of sp³-hybridized carbons (Fsp3) is 0.812. The van der Waals surface area contributed by atoms with Crippen molar-refractivity contribution >= 4 is 23.5 Å². The molecule has 2 unspecified atom stereocenters. The normalized spacial score (nSPS) is 20.9. The molecule has 1 N–H and O–H groups in total. The molecule has 0 spiro atoms. The van der Waals surface area contributed by atoms with Crippen LogP contribution < -0.4 is 5.32 Å². The molecule has 1 aliphatic rings. The van der Waals surface area contributed by atoms with Crippen molar-refractivity contribution in [1.29, 1.82) is 0 Å². The second kappa shape index (κ2) is 9.11. The van der Waals surface area contributed by atoms with Gasteiger partial charge in [0.25, 0.3) is 0 Å². The zero-order valence-corrected chi connectivity index (χ0v) is 15.2. The molecule has 2 rings (SSSR count). The molecule has 1 aromatic heterocycles. The molecule has 120 valence electrons. The van der Waals surface area contributed by atoms with Gasteiger partial charge in [0.2, 0.25) is 0 Å². The predicted molar refractivity (Wildman–Crippen MR) is 96.6 cm³/mol. The highest BCUT2D eigenvalue weighted by Gasteiger charge is 2.25. The van der Waals surface area contributed by atoms with E-state index in [2.05, 4.69) is 66.6 Å². The lowest BCUT2D eigenvalue weighted by molar-refractivity contribution is 0.422. The van der Waals surface area contributed by atoms with Gasteiger partial charge in [0.15, 0.2) is 0 Å². The van der Waals surface area contributed by atoms with Gasteiger partial charge in [0.05, 0.1) is 11.7 Å². The third-order valence-electron chi connectivity index (χ3n) is 4.17. The zero-order valence-electron chi connectivity index (χ0n) is 13.5. The molecule has 1 fully saturated rings. The van der Waals surface area contributed by atoms with E-state index >= 15 is 0 Å². The standard InChI is InChI=1S/C16H29N3S2/c1-4-14(5-2)19-8-7-13(18-19)11-15(17-6-3)16-12-20-9-10-21-16/h7-8,14-17H,4-6,9-12H2,1-3H3. The summed E-state index contributed by atoms with van der Waals surface area (Å²) in [4.78, 5) is 0. The van der Waals surface area contributed by atoms with Crippen LogP contribution in [0.4, 0.5) is 0 Å². The number of hydrogen-bond acceptors (Lipinski definition) is 4. The highest BCUT2D eigenvalue weighted by atomic mass is 32.2. The summed E-state index contributed by atoms with van der Waals surface area (Å²) in [5.74, 6) is 3.87. The maximum atomic E-state index is 4.83. The number of thioether (sulfide) groups is 2. The Bertz CT molecular complexity index is 398. The van der Waals surface area contributed by atoms with Gasteiger partial charge in [0.1, 0.15) is 0 Å². The van der Waals surface area contributed by atoms with Gasteiger partial charge < -0.3 is 5.32 Å². The van der Waals surface area contributed by atoms with Gasteiger partial charge in [-0.1, -0.05) is 20.8 Å². The maximum Gasteiger partial charge on any atom is 0.0640 e. The molecule has 0 radical (unpaired) electrons. The number of nitrogens with zero attached hydrogens (tertiary/aromatic N) is 2. The van der Waals surface area contributed by atoms with Crippen molar-refractivity contribution in [2.45, 2.75) is 57.4 Å². The number of hydrogen-bond donors (Lipinski definition) is 1. The summed E-state index contributed by atoms with van der Waals surface area (Å²) >= 11 is 4.23. The fourth-order valence-corrected chi connectivity index (χ4v) is 5.80. The first-order valence-corrected chi connectivity index (χ1v) is 10.5. The number of rotatable bonds is 8. The van der Waals surface area contributed by atoms with Crippen molar-refractivity contribution in [3.63, 3.8) is 0 Å². The first kappa shape index (κ1) is 17.2. The van der Waals surface area contributed by atoms with Crippen LogP contribution in [-0.2, 0) is 6.42 Å². The highest BCUT2D eigenvalue weighted by Crippen LogP contribution is 2.28. The molecule has 1 aromatic rings. The summed E-state index contributed by atoms with van der Waals surface area (Å²) in [6.45, 7) is 7.73. The third kappa shape index (κ3) is 4.93. The van der Waals surface area contributed by atoms with Gasteiger partial charge in [0, 0.05) is 41.2 Å². The topological polar surface area (TPSA) is 29.9 Å². The van der Waals surface area contributed by atoms with E-state index < -0.39 is 0 Å². The monoisotopic (exact) mass is 327 g/mol. The Labute approximate surface area is 138 Å². The van der Waals surface area contributed by atoms with E-state index in [9.17, 15) is 0 Å². The van der Waals surface area contributed by atoms with E-state index in [4.69, 9.17) is 5.10 Å². The van der Waals surface area contributed by atoms with Crippen molar-refractivity contribution in [1.82, 2.24) is 15.1 Å². The number of aromatic nitrogens is 2. The summed E-state index contributed by atoms with van der Waals surface area (Å²) in [7, 11) is 0. The van der Waals surface area contributed by atoms with E-state index in [0.29, 0.717) is 12.1 Å². The molecule has 0 bridgehead atoms. The Balaban J connectivity index is 1.99. The molecule has 0 aromatic carbocycles. The van der Waals surface area contributed by atoms with Crippen LogP contribution in [0.3, 0.4) is 0 Å². The Hall–Kier alpha value is -0.130. The first-order valence-electron chi connectivity index (χ1n) is 8.25. The van der Waals surface area contributed by atoms with Crippen molar-refractivity contribution in [3.05, 3.63) is 18.0 Å². The minimum absolute atomic E-state index is 0.552. The molecule has 3 nitrogen and oxygen atoms in total. The summed E-state index contributed by atoms with van der Waals surface area (Å²) in [6, 6.07) is 3.32. The molecule has 1 saturated heterocycles. The quantitative estimate of drug-likeness (QED) is 0.790. The van der Waals surface area contributed by atoms with E-state index in [1.807, 2.05) is 0 Å². The number of likely N-dealkylation sites (N-methyl/N-ethyl adjacent to an activating group) is 1. The van der Waals surface area contributed by atoms with Crippen molar-refractivity contribution in [2.75, 3.05) is 23.8 Å². The smallest absolute Gasteiger partial charge is 0.0640 e. The molecule has 0 aliphatic carbocycles. The Morgan fingerprint density at radius 3 is 2.76 bits per heavy atom. The van der Waals surface area contributed by atoms with Crippen molar-refractivity contribution in [2.24, 2.45) is 0 Å². The van der Waals surface area contributed by atoms with E-state index in [0.717, 1.165) is 31.1 Å². The lowest BCUT2D eigenvalue weighted by atomic mass is 10.1. The average Bonchev–Trinajstić information content (AvgIpc) is 2.97. The minimum Gasteiger partial charge on any atom is -0.313 e. The van der Waals surface area contributed by atoms with E-state index in [1.165, 1.54) is 23.0 Å². The maximum absolute atomic E-state index is 4.83. The second-order valence-corrected chi connectivity index (χ2v) is 8.11. The van der Waals surface area contributed by atoms with Gasteiger partial charge in [-0.25, -0.2) is 0 Å². The van der Waals surface area contributed by atoms with Gasteiger partial charge in [-0.2, -0.15) is 28.6 Å². The molecule has 0 saturated carbocycles. The molecular formula is C16H29N3S2. The first-order chi connectivity index (χ1) is 10.3. The average molecular weight is 328 g/mol. The van der Waals surface area contributed by atoms with Crippen LogP contribution in [0, 0.1) is 0 Å². The van der Waals surface area contributed by atoms with Crippen LogP contribution >= 0.6 is 23.5 Å². The lowest BCUT2D eigenvalue weighted by Crippen LogP contribution is -2.42. The van der Waals surface area contributed by atoms with Crippen LogP contribution in [0.5, 0.6) is 0 Å². The SMILES string of the molecule is CCNC(Cc1ccn(C(CC)CC)n1)C1CSCCS1. The predicted octanol–water partition coefficient (Wildman–Crippen LogP) is 3.61. The summed E-state index contributed by atoms with van der Waals surface area (Å²) in [5.41, 5.74) is 1.24. The van der Waals surface area contributed by atoms with Gasteiger partial charge in [-0.15, -0.1) is 0 Å². The summed E-state index contributed by atoms with van der Waals surface area (Å²) < 4.78 is 2.17. The molecule has 1 aliphatic heterocycles. The van der Waals surface area contributed by atoms with E-state index in [1.54, 1.807) is 0 Å². The molecule has 0 amide bonds. The van der Waals surface area contributed by atoms with Gasteiger partial charge in [-0.3, -0.25) is 4.68 Å². The van der Waals surface area contributed by atoms with Crippen LogP contribution in [0.15, 0.2) is 12.3 Å². The summed E-state index contributed by atoms with van der Waals surface area (Å²) in [6.07, 6.45) is 5.53. The molecule has 2 atom stereocenters. The number of nitrogens with one attached hydrogen (secondary N) is 1. The Morgan fingerprint density at radius 1 is 1.33 bits per heavy atom.